The van der Waals surface area contributed by atoms with Crippen LogP contribution in [0.15, 0.2) is 47.1 Å². The number of anilines is 1. The molecule has 2 aliphatic rings. The van der Waals surface area contributed by atoms with E-state index in [1.54, 1.807) is 23.3 Å². The summed E-state index contributed by atoms with van der Waals surface area (Å²) in [6.07, 6.45) is 3.96. The minimum atomic E-state index is -0.639. The van der Waals surface area contributed by atoms with Crippen LogP contribution in [0, 0.1) is 5.92 Å². The van der Waals surface area contributed by atoms with Crippen LogP contribution in [0.25, 0.3) is 0 Å². The maximum absolute atomic E-state index is 13.5. The standard InChI is InChI=1S/C22H26ClN3O3/c1-24-11-8-18(9-12-24)26(15-19-3-2-14-29-19)22(28)20-10-13-25(21(20)27)17-6-4-16(23)5-7-17/h2-7,14,18,20H,8-13,15H2,1H3. The largest absolute Gasteiger partial charge is 0.467 e. The maximum atomic E-state index is 13.5. The van der Waals surface area contributed by atoms with Crippen LogP contribution in [-0.4, -0.2) is 54.3 Å². The highest BCUT2D eigenvalue weighted by Gasteiger charge is 2.41. The highest BCUT2D eigenvalue weighted by Crippen LogP contribution is 2.30. The van der Waals surface area contributed by atoms with Crippen LogP contribution >= 0.6 is 11.6 Å². The van der Waals surface area contributed by atoms with Crippen LogP contribution in [0.1, 0.15) is 25.0 Å². The van der Waals surface area contributed by atoms with Gasteiger partial charge in [-0.05, 0) is 75.8 Å². The van der Waals surface area contributed by atoms with Gasteiger partial charge in [-0.3, -0.25) is 9.59 Å². The zero-order valence-electron chi connectivity index (χ0n) is 16.6. The molecule has 2 aromatic rings. The number of amides is 2. The predicted octanol–water partition coefficient (Wildman–Crippen LogP) is 3.41. The molecule has 7 heteroatoms. The summed E-state index contributed by atoms with van der Waals surface area (Å²) in [4.78, 5) is 32.4. The third kappa shape index (κ3) is 4.33. The summed E-state index contributed by atoms with van der Waals surface area (Å²) in [5.74, 6) is -0.107. The third-order valence-electron chi connectivity index (χ3n) is 5.96. The van der Waals surface area contributed by atoms with Gasteiger partial charge in [0.05, 0.1) is 12.8 Å². The molecule has 1 unspecified atom stereocenters. The van der Waals surface area contributed by atoms with E-state index in [4.69, 9.17) is 16.0 Å². The molecule has 0 bridgehead atoms. The first kappa shape index (κ1) is 20.0. The first-order valence-electron chi connectivity index (χ1n) is 10.1. The van der Waals surface area contributed by atoms with E-state index >= 15 is 0 Å². The van der Waals surface area contributed by atoms with Crippen molar-refractivity contribution in [3.63, 3.8) is 0 Å². The van der Waals surface area contributed by atoms with Crippen molar-refractivity contribution in [3.05, 3.63) is 53.4 Å². The van der Waals surface area contributed by atoms with Crippen LogP contribution in [0.3, 0.4) is 0 Å². The Morgan fingerprint density at radius 1 is 1.14 bits per heavy atom. The van der Waals surface area contributed by atoms with Crippen molar-refractivity contribution in [3.8, 4) is 0 Å². The number of benzene rings is 1. The molecule has 2 aliphatic heterocycles. The van der Waals surface area contributed by atoms with E-state index in [-0.39, 0.29) is 17.9 Å². The van der Waals surface area contributed by atoms with E-state index in [1.165, 1.54) is 0 Å². The molecule has 0 saturated carbocycles. The number of hydrogen-bond donors (Lipinski definition) is 0. The number of carbonyl (C=O) groups is 2. The normalized spacial score (nSPS) is 21.0. The molecule has 2 saturated heterocycles. The average molecular weight is 416 g/mol. The quantitative estimate of drug-likeness (QED) is 0.702. The molecule has 29 heavy (non-hydrogen) atoms. The van der Waals surface area contributed by atoms with Gasteiger partial charge in [0.25, 0.3) is 0 Å². The molecular formula is C22H26ClN3O3. The van der Waals surface area contributed by atoms with Gasteiger partial charge in [-0.15, -0.1) is 0 Å². The molecule has 0 aliphatic carbocycles. The lowest BCUT2D eigenvalue weighted by atomic mass is 9.99. The van der Waals surface area contributed by atoms with E-state index in [1.807, 2.05) is 29.2 Å². The predicted molar refractivity (Wildman–Crippen MR) is 112 cm³/mol. The van der Waals surface area contributed by atoms with Gasteiger partial charge in [0, 0.05) is 23.3 Å². The van der Waals surface area contributed by atoms with Crippen LogP contribution in [0.5, 0.6) is 0 Å². The number of piperidine rings is 1. The first-order chi connectivity index (χ1) is 14.0. The Balaban J connectivity index is 1.52. The second kappa shape index (κ2) is 8.59. The van der Waals surface area contributed by atoms with E-state index in [0.717, 1.165) is 37.4 Å². The van der Waals surface area contributed by atoms with Gasteiger partial charge in [-0.2, -0.15) is 0 Å². The molecule has 154 valence electrons. The Bertz CT molecular complexity index is 845. The van der Waals surface area contributed by atoms with Gasteiger partial charge in [0.2, 0.25) is 11.8 Å². The zero-order valence-corrected chi connectivity index (χ0v) is 17.3. The number of likely N-dealkylation sites (tertiary alicyclic amines) is 1. The Labute approximate surface area is 176 Å². The average Bonchev–Trinajstić information content (AvgIpc) is 3.37. The van der Waals surface area contributed by atoms with Crippen molar-refractivity contribution >= 4 is 29.1 Å². The SMILES string of the molecule is CN1CCC(N(Cc2ccco2)C(=O)C2CCN(c3ccc(Cl)cc3)C2=O)CC1. The van der Waals surface area contributed by atoms with Gasteiger partial charge >= 0.3 is 0 Å². The number of hydrogen-bond acceptors (Lipinski definition) is 4. The Morgan fingerprint density at radius 3 is 2.52 bits per heavy atom. The van der Waals surface area contributed by atoms with Gasteiger partial charge < -0.3 is 19.1 Å². The summed E-state index contributed by atoms with van der Waals surface area (Å²) in [7, 11) is 2.10. The lowest BCUT2D eigenvalue weighted by molar-refractivity contribution is -0.143. The lowest BCUT2D eigenvalue weighted by Gasteiger charge is -2.38. The smallest absolute Gasteiger partial charge is 0.239 e. The lowest BCUT2D eigenvalue weighted by Crippen LogP contribution is -2.49. The fourth-order valence-corrected chi connectivity index (χ4v) is 4.38. The molecule has 1 aromatic carbocycles. The summed E-state index contributed by atoms with van der Waals surface area (Å²) in [5.41, 5.74) is 0.784. The fraction of sp³-hybridized carbons (Fsp3) is 0.455. The number of halogens is 1. The van der Waals surface area contributed by atoms with E-state index < -0.39 is 5.92 Å². The molecule has 0 radical (unpaired) electrons. The molecule has 0 N–H and O–H groups in total. The molecule has 1 aromatic heterocycles. The molecule has 0 spiro atoms. The van der Waals surface area contributed by atoms with Gasteiger partial charge in [0.15, 0.2) is 0 Å². The zero-order chi connectivity index (χ0) is 20.4. The number of carbonyl (C=O) groups excluding carboxylic acids is 2. The molecule has 3 heterocycles. The Hall–Kier alpha value is -2.31. The van der Waals surface area contributed by atoms with Crippen molar-refractivity contribution in [1.82, 2.24) is 9.80 Å². The summed E-state index contributed by atoms with van der Waals surface area (Å²) < 4.78 is 5.51. The number of nitrogens with zero attached hydrogens (tertiary/aromatic N) is 3. The van der Waals surface area contributed by atoms with Gasteiger partial charge in [-0.1, -0.05) is 11.6 Å². The van der Waals surface area contributed by atoms with Crippen LogP contribution in [-0.2, 0) is 16.1 Å². The van der Waals surface area contributed by atoms with Gasteiger partial charge in [0.1, 0.15) is 11.7 Å². The van der Waals surface area contributed by atoms with E-state index in [2.05, 4.69) is 11.9 Å². The van der Waals surface area contributed by atoms with Crippen LogP contribution < -0.4 is 4.90 Å². The fourth-order valence-electron chi connectivity index (χ4n) is 4.25. The molecule has 4 rings (SSSR count). The van der Waals surface area contributed by atoms with Gasteiger partial charge in [-0.25, -0.2) is 0 Å². The Kier molecular flexibility index (Phi) is 5.92. The number of rotatable bonds is 5. The highest BCUT2D eigenvalue weighted by molar-refractivity contribution is 6.30. The van der Waals surface area contributed by atoms with Crippen molar-refractivity contribution < 1.29 is 14.0 Å². The van der Waals surface area contributed by atoms with Crippen molar-refractivity contribution in [2.75, 3.05) is 31.6 Å². The van der Waals surface area contributed by atoms with E-state index in [0.29, 0.717) is 24.5 Å². The first-order valence-corrected chi connectivity index (χ1v) is 10.5. The summed E-state index contributed by atoms with van der Waals surface area (Å²) in [6.45, 7) is 2.84. The topological polar surface area (TPSA) is 57.0 Å². The Morgan fingerprint density at radius 2 is 1.86 bits per heavy atom. The van der Waals surface area contributed by atoms with E-state index in [9.17, 15) is 9.59 Å². The third-order valence-corrected chi connectivity index (χ3v) is 6.21. The molecule has 6 nitrogen and oxygen atoms in total. The minimum Gasteiger partial charge on any atom is -0.467 e. The summed E-state index contributed by atoms with van der Waals surface area (Å²) in [6, 6.07) is 11.0. The molecule has 2 amide bonds. The maximum Gasteiger partial charge on any atom is 0.239 e. The van der Waals surface area contributed by atoms with Crippen LogP contribution in [0.2, 0.25) is 5.02 Å². The second-order valence-corrected chi connectivity index (χ2v) is 8.32. The second-order valence-electron chi connectivity index (χ2n) is 7.89. The van der Waals surface area contributed by atoms with Crippen molar-refractivity contribution in [2.24, 2.45) is 5.92 Å². The highest BCUT2D eigenvalue weighted by atomic mass is 35.5. The van der Waals surface area contributed by atoms with Crippen molar-refractivity contribution in [2.45, 2.75) is 31.8 Å². The minimum absolute atomic E-state index is 0.0857. The summed E-state index contributed by atoms with van der Waals surface area (Å²) >= 11 is 5.96. The number of furan rings is 1. The molecule has 1 atom stereocenters. The summed E-state index contributed by atoms with van der Waals surface area (Å²) in [5, 5.41) is 0.625. The molecule has 2 fully saturated rings. The monoisotopic (exact) mass is 415 g/mol. The van der Waals surface area contributed by atoms with Crippen LogP contribution in [0.4, 0.5) is 5.69 Å². The molecular weight excluding hydrogens is 390 g/mol. The van der Waals surface area contributed by atoms with Crippen molar-refractivity contribution in [1.29, 1.82) is 0 Å².